The van der Waals surface area contributed by atoms with Gasteiger partial charge in [-0.3, -0.25) is 9.59 Å². The molecule has 0 saturated carbocycles. The van der Waals surface area contributed by atoms with Crippen molar-refractivity contribution in [2.45, 2.75) is 38.2 Å². The van der Waals surface area contributed by atoms with Crippen LogP contribution in [0.5, 0.6) is 0 Å². The fourth-order valence-corrected chi connectivity index (χ4v) is 2.16. The summed E-state index contributed by atoms with van der Waals surface area (Å²) in [4.78, 5) is 25.5. The first-order chi connectivity index (χ1) is 9.93. The molecule has 0 aliphatic carbocycles. The number of hydrogen-bond acceptors (Lipinski definition) is 4. The molecule has 21 heavy (non-hydrogen) atoms. The summed E-state index contributed by atoms with van der Waals surface area (Å²) in [6, 6.07) is 9.71. The van der Waals surface area contributed by atoms with E-state index in [1.165, 1.54) is 0 Å². The van der Waals surface area contributed by atoms with Crippen LogP contribution >= 0.6 is 11.8 Å². The Kier molecular flexibility index (Phi) is 7.29. The Morgan fingerprint density at radius 3 is 2.43 bits per heavy atom. The van der Waals surface area contributed by atoms with Gasteiger partial charge < -0.3 is 9.64 Å². The maximum absolute atomic E-state index is 12.2. The zero-order valence-electron chi connectivity index (χ0n) is 13.0. The van der Waals surface area contributed by atoms with Crippen LogP contribution in [0.25, 0.3) is 0 Å². The van der Waals surface area contributed by atoms with Gasteiger partial charge in [-0.2, -0.15) is 11.8 Å². The molecule has 1 aromatic rings. The highest BCUT2D eigenvalue weighted by atomic mass is 32.2. The lowest BCUT2D eigenvalue weighted by Gasteiger charge is -2.22. The van der Waals surface area contributed by atoms with Crippen molar-refractivity contribution >= 4 is 23.6 Å². The summed E-state index contributed by atoms with van der Waals surface area (Å²) in [5.41, 5.74) is 1.04. The number of ether oxygens (including phenoxy) is 1. The Hall–Kier alpha value is -1.49. The van der Waals surface area contributed by atoms with Gasteiger partial charge in [0, 0.05) is 18.8 Å². The number of hydrogen-bond donors (Lipinski definition) is 0. The molecule has 0 N–H and O–H groups in total. The number of rotatable bonds is 7. The second-order valence-electron chi connectivity index (χ2n) is 5.06. The molecule has 0 spiro atoms. The van der Waals surface area contributed by atoms with Gasteiger partial charge in [-0.15, -0.1) is 0 Å². The van der Waals surface area contributed by atoms with Crippen LogP contribution in [0.3, 0.4) is 0 Å². The van der Waals surface area contributed by atoms with Crippen LogP contribution < -0.4 is 0 Å². The largest absolute Gasteiger partial charge is 0.453 e. The van der Waals surface area contributed by atoms with Crippen LogP contribution in [-0.4, -0.2) is 41.4 Å². The Labute approximate surface area is 130 Å². The van der Waals surface area contributed by atoms with Crippen molar-refractivity contribution in [2.75, 3.05) is 13.3 Å². The number of carbonyl (C=O) groups excluding carboxylic acids is 2. The highest BCUT2D eigenvalue weighted by Gasteiger charge is 2.22. The van der Waals surface area contributed by atoms with E-state index in [-0.39, 0.29) is 17.1 Å². The second kappa shape index (κ2) is 8.72. The van der Waals surface area contributed by atoms with Crippen LogP contribution in [0.1, 0.15) is 25.8 Å². The SMILES string of the molecule is CS[C@@H](C)CC(=O)O[C@@H](C)C(=O)N(C)Cc1ccccc1. The Morgan fingerprint density at radius 1 is 1.24 bits per heavy atom. The van der Waals surface area contributed by atoms with Gasteiger partial charge in [0.2, 0.25) is 0 Å². The Morgan fingerprint density at radius 2 is 1.86 bits per heavy atom. The van der Waals surface area contributed by atoms with E-state index in [2.05, 4.69) is 0 Å². The van der Waals surface area contributed by atoms with Gasteiger partial charge in [-0.1, -0.05) is 37.3 Å². The highest BCUT2D eigenvalue weighted by Crippen LogP contribution is 2.12. The third kappa shape index (κ3) is 6.21. The maximum atomic E-state index is 12.2. The third-order valence-corrected chi connectivity index (χ3v) is 4.12. The summed E-state index contributed by atoms with van der Waals surface area (Å²) >= 11 is 1.60. The summed E-state index contributed by atoms with van der Waals surface area (Å²) in [5, 5.41) is 0.196. The normalized spacial score (nSPS) is 13.3. The van der Waals surface area contributed by atoms with Crippen molar-refractivity contribution in [3.05, 3.63) is 35.9 Å². The molecule has 0 unspecified atom stereocenters. The van der Waals surface area contributed by atoms with E-state index in [4.69, 9.17) is 4.74 Å². The standard InChI is InChI=1S/C16H23NO3S/c1-12(21-4)10-15(18)20-13(2)16(19)17(3)11-14-8-6-5-7-9-14/h5-9,12-13H,10-11H2,1-4H3/t12-,13-/m0/s1. The van der Waals surface area contributed by atoms with E-state index in [1.54, 1.807) is 30.6 Å². The van der Waals surface area contributed by atoms with E-state index in [1.807, 2.05) is 43.5 Å². The lowest BCUT2D eigenvalue weighted by molar-refractivity contribution is -0.158. The average molecular weight is 309 g/mol. The van der Waals surface area contributed by atoms with Crippen LogP contribution in [0.2, 0.25) is 0 Å². The molecule has 1 rings (SSSR count). The van der Waals surface area contributed by atoms with E-state index in [0.29, 0.717) is 13.0 Å². The number of benzene rings is 1. The molecule has 5 heteroatoms. The third-order valence-electron chi connectivity index (χ3n) is 3.15. The summed E-state index contributed by atoms with van der Waals surface area (Å²) in [7, 11) is 1.71. The maximum Gasteiger partial charge on any atom is 0.307 e. The number of amides is 1. The summed E-state index contributed by atoms with van der Waals surface area (Å²) < 4.78 is 5.20. The van der Waals surface area contributed by atoms with Crippen molar-refractivity contribution in [1.82, 2.24) is 4.90 Å². The zero-order valence-corrected chi connectivity index (χ0v) is 13.9. The molecular weight excluding hydrogens is 286 g/mol. The molecule has 0 aromatic heterocycles. The molecule has 0 aliphatic heterocycles. The minimum atomic E-state index is -0.750. The fourth-order valence-electron chi connectivity index (χ4n) is 1.86. The lowest BCUT2D eigenvalue weighted by Crippen LogP contribution is -2.37. The summed E-state index contributed by atoms with van der Waals surface area (Å²) in [6.45, 7) is 4.08. The van der Waals surface area contributed by atoms with E-state index in [9.17, 15) is 9.59 Å². The van der Waals surface area contributed by atoms with Gasteiger partial charge in [-0.05, 0) is 18.7 Å². The fraction of sp³-hybridized carbons (Fsp3) is 0.500. The molecule has 1 aromatic carbocycles. The smallest absolute Gasteiger partial charge is 0.307 e. The van der Waals surface area contributed by atoms with Gasteiger partial charge in [0.1, 0.15) is 0 Å². The first-order valence-electron chi connectivity index (χ1n) is 6.95. The predicted molar refractivity (Wildman–Crippen MR) is 86.1 cm³/mol. The van der Waals surface area contributed by atoms with Crippen molar-refractivity contribution in [1.29, 1.82) is 0 Å². The molecule has 1 amide bonds. The molecule has 0 bridgehead atoms. The van der Waals surface area contributed by atoms with Crippen LogP contribution in [0.4, 0.5) is 0 Å². The molecule has 0 aliphatic rings. The van der Waals surface area contributed by atoms with Crippen molar-refractivity contribution in [2.24, 2.45) is 0 Å². The topological polar surface area (TPSA) is 46.6 Å². The summed E-state index contributed by atoms with van der Waals surface area (Å²) in [6.07, 6.45) is 1.52. The Balaban J connectivity index is 2.48. The van der Waals surface area contributed by atoms with Crippen molar-refractivity contribution in [3.63, 3.8) is 0 Å². The lowest BCUT2D eigenvalue weighted by atomic mass is 10.2. The Bertz CT molecular complexity index is 464. The molecule has 4 nitrogen and oxygen atoms in total. The van der Waals surface area contributed by atoms with Gasteiger partial charge in [-0.25, -0.2) is 0 Å². The number of carbonyl (C=O) groups is 2. The van der Waals surface area contributed by atoms with Crippen LogP contribution in [0, 0.1) is 0 Å². The molecular formula is C16H23NO3S. The second-order valence-corrected chi connectivity index (χ2v) is 6.34. The minimum absolute atomic E-state index is 0.191. The van der Waals surface area contributed by atoms with Crippen LogP contribution in [0.15, 0.2) is 30.3 Å². The first-order valence-corrected chi connectivity index (χ1v) is 8.24. The van der Waals surface area contributed by atoms with E-state index >= 15 is 0 Å². The zero-order chi connectivity index (χ0) is 15.8. The number of likely N-dealkylation sites (N-methyl/N-ethyl adjacent to an activating group) is 1. The monoisotopic (exact) mass is 309 g/mol. The molecule has 116 valence electrons. The van der Waals surface area contributed by atoms with E-state index in [0.717, 1.165) is 5.56 Å². The van der Waals surface area contributed by atoms with Crippen LogP contribution in [-0.2, 0) is 20.9 Å². The highest BCUT2D eigenvalue weighted by molar-refractivity contribution is 7.99. The number of nitrogens with zero attached hydrogens (tertiary/aromatic N) is 1. The first kappa shape index (κ1) is 17.6. The number of thioether (sulfide) groups is 1. The van der Waals surface area contributed by atoms with Gasteiger partial charge in [0.15, 0.2) is 6.10 Å². The summed E-state index contributed by atoms with van der Waals surface area (Å²) in [5.74, 6) is -0.519. The van der Waals surface area contributed by atoms with Gasteiger partial charge in [0.05, 0.1) is 6.42 Å². The average Bonchev–Trinajstić information content (AvgIpc) is 2.46. The quantitative estimate of drug-likeness (QED) is 0.727. The molecule has 0 heterocycles. The molecule has 0 fully saturated rings. The predicted octanol–water partition coefficient (Wildman–Crippen LogP) is 2.72. The molecule has 2 atom stereocenters. The van der Waals surface area contributed by atoms with Crippen molar-refractivity contribution < 1.29 is 14.3 Å². The molecule has 0 radical (unpaired) electrons. The van der Waals surface area contributed by atoms with Crippen molar-refractivity contribution in [3.8, 4) is 0 Å². The van der Waals surface area contributed by atoms with Gasteiger partial charge >= 0.3 is 5.97 Å². The number of esters is 1. The minimum Gasteiger partial charge on any atom is -0.453 e. The van der Waals surface area contributed by atoms with Gasteiger partial charge in [0.25, 0.3) is 5.91 Å². The van der Waals surface area contributed by atoms with E-state index < -0.39 is 6.10 Å². The molecule has 0 saturated heterocycles.